The van der Waals surface area contributed by atoms with Crippen molar-refractivity contribution < 1.29 is 8.78 Å². The lowest BCUT2D eigenvalue weighted by Crippen LogP contribution is -2.51. The zero-order valence-electron chi connectivity index (χ0n) is 8.71. The molecule has 0 amide bonds. The van der Waals surface area contributed by atoms with Gasteiger partial charge in [-0.25, -0.2) is 8.78 Å². The predicted molar refractivity (Wildman–Crippen MR) is 55.9 cm³/mol. The van der Waals surface area contributed by atoms with E-state index in [1.54, 1.807) is 0 Å². The second-order valence-corrected chi connectivity index (χ2v) is 4.54. The van der Waals surface area contributed by atoms with Crippen LogP contribution >= 0.6 is 0 Å². The van der Waals surface area contributed by atoms with E-state index in [1.165, 1.54) is 18.1 Å². The Bertz CT molecular complexity index is 335. The first-order valence-electron chi connectivity index (χ1n) is 5.15. The van der Waals surface area contributed by atoms with Gasteiger partial charge < -0.3 is 5.73 Å². The maximum atomic E-state index is 12.8. The van der Waals surface area contributed by atoms with Crippen molar-refractivity contribution in [3.05, 3.63) is 35.4 Å². The fourth-order valence-corrected chi connectivity index (χ4v) is 2.18. The van der Waals surface area contributed by atoms with Crippen LogP contribution in [-0.4, -0.2) is 12.0 Å². The summed E-state index contributed by atoms with van der Waals surface area (Å²) in [5.41, 5.74) is 6.65. The lowest BCUT2D eigenvalue weighted by atomic mass is 9.84. The molecule has 1 unspecified atom stereocenters. The minimum atomic E-state index is -2.46. The quantitative estimate of drug-likeness (QED) is 0.798. The van der Waals surface area contributed by atoms with E-state index in [-0.39, 0.29) is 5.92 Å². The molecule has 1 aromatic rings. The second-order valence-electron chi connectivity index (χ2n) is 4.54. The first kappa shape index (κ1) is 10.6. The Morgan fingerprint density at radius 3 is 2.13 bits per heavy atom. The Labute approximate surface area is 88.3 Å². The van der Waals surface area contributed by atoms with Gasteiger partial charge in [-0.2, -0.15) is 0 Å². The highest BCUT2D eigenvalue weighted by molar-refractivity contribution is 5.33. The van der Waals surface area contributed by atoms with Crippen molar-refractivity contribution >= 4 is 0 Å². The van der Waals surface area contributed by atoms with E-state index >= 15 is 0 Å². The topological polar surface area (TPSA) is 26.0 Å². The average Bonchev–Trinajstić information content (AvgIpc) is 2.61. The lowest BCUT2D eigenvalue weighted by Gasteiger charge is -2.30. The zero-order valence-corrected chi connectivity index (χ0v) is 8.71. The number of benzene rings is 1. The second kappa shape index (κ2) is 3.56. The van der Waals surface area contributed by atoms with Crippen molar-refractivity contribution in [1.29, 1.82) is 0 Å². The number of hydrogen-bond acceptors (Lipinski definition) is 1. The van der Waals surface area contributed by atoms with Gasteiger partial charge in [-0.3, -0.25) is 0 Å². The first-order chi connectivity index (χ1) is 7.01. The minimum absolute atomic E-state index is 0.144. The number of alkyl halides is 2. The predicted octanol–water partition coefficient (Wildman–Crippen LogP) is 2.38. The molecule has 0 spiro atoms. The van der Waals surface area contributed by atoms with Gasteiger partial charge in [0.05, 0.1) is 5.54 Å². The van der Waals surface area contributed by atoms with Crippen LogP contribution in [0.5, 0.6) is 0 Å². The third kappa shape index (κ3) is 1.76. The molecule has 1 aliphatic rings. The van der Waals surface area contributed by atoms with Gasteiger partial charge in [0.25, 0.3) is 6.43 Å². The molecule has 0 radical (unpaired) electrons. The van der Waals surface area contributed by atoms with Crippen molar-refractivity contribution in [2.45, 2.75) is 31.7 Å². The zero-order chi connectivity index (χ0) is 11.1. The Morgan fingerprint density at radius 2 is 1.73 bits per heavy atom. The highest BCUT2D eigenvalue weighted by Gasteiger charge is 2.41. The molecule has 0 aromatic heterocycles. The normalized spacial score (nSPS) is 20.3. The molecule has 2 rings (SSSR count). The molecular weight excluding hydrogens is 196 g/mol. The Kier molecular flexibility index (Phi) is 2.51. The molecular formula is C12H15F2N. The minimum Gasteiger partial charge on any atom is -0.320 e. The molecule has 3 heteroatoms. The summed E-state index contributed by atoms with van der Waals surface area (Å²) in [7, 11) is 0. The molecule has 0 heterocycles. The van der Waals surface area contributed by atoms with Crippen molar-refractivity contribution in [3.63, 3.8) is 0 Å². The molecule has 0 aliphatic heterocycles. The summed E-state index contributed by atoms with van der Waals surface area (Å²) >= 11 is 0. The monoisotopic (exact) mass is 211 g/mol. The van der Waals surface area contributed by atoms with Gasteiger partial charge in [0.15, 0.2) is 0 Å². The Morgan fingerprint density at radius 1 is 1.27 bits per heavy atom. The summed E-state index contributed by atoms with van der Waals surface area (Å²) in [5, 5.41) is 0. The van der Waals surface area contributed by atoms with Gasteiger partial charge in [0.1, 0.15) is 0 Å². The molecule has 1 aromatic carbocycles. The largest absolute Gasteiger partial charge is 0.320 e. The molecule has 1 aliphatic carbocycles. The summed E-state index contributed by atoms with van der Waals surface area (Å²) in [6.07, 6.45) is -1.11. The van der Waals surface area contributed by atoms with Crippen LogP contribution in [0.2, 0.25) is 0 Å². The Hall–Kier alpha value is -0.960. The third-order valence-electron chi connectivity index (χ3n) is 3.40. The molecule has 1 atom stereocenters. The van der Waals surface area contributed by atoms with E-state index in [0.717, 1.165) is 0 Å². The Balaban J connectivity index is 2.20. The molecule has 0 bridgehead atoms. The van der Waals surface area contributed by atoms with Gasteiger partial charge in [-0.1, -0.05) is 24.3 Å². The van der Waals surface area contributed by atoms with Crippen molar-refractivity contribution in [2.75, 3.05) is 0 Å². The standard InChI is InChI=1S/C12H15F2N/c1-12(15,11(13)14)10-6-8-4-2-3-5-9(8)7-10/h2-5,10-11H,6-7,15H2,1H3. The van der Waals surface area contributed by atoms with Crippen molar-refractivity contribution in [3.8, 4) is 0 Å². The van der Waals surface area contributed by atoms with Crippen molar-refractivity contribution in [2.24, 2.45) is 11.7 Å². The fraction of sp³-hybridized carbons (Fsp3) is 0.500. The highest BCUT2D eigenvalue weighted by Crippen LogP contribution is 2.35. The number of rotatable bonds is 2. The van der Waals surface area contributed by atoms with Crippen LogP contribution in [-0.2, 0) is 12.8 Å². The first-order valence-corrected chi connectivity index (χ1v) is 5.15. The van der Waals surface area contributed by atoms with Crippen LogP contribution in [0, 0.1) is 5.92 Å². The van der Waals surface area contributed by atoms with E-state index < -0.39 is 12.0 Å². The van der Waals surface area contributed by atoms with Gasteiger partial charge in [0, 0.05) is 0 Å². The molecule has 15 heavy (non-hydrogen) atoms. The smallest absolute Gasteiger partial charge is 0.256 e. The van der Waals surface area contributed by atoms with E-state index in [9.17, 15) is 8.78 Å². The summed E-state index contributed by atoms with van der Waals surface area (Å²) in [4.78, 5) is 0. The van der Waals surface area contributed by atoms with Crippen LogP contribution in [0.25, 0.3) is 0 Å². The number of fused-ring (bicyclic) bond motifs is 1. The lowest BCUT2D eigenvalue weighted by molar-refractivity contribution is 0.0310. The molecule has 0 fully saturated rings. The van der Waals surface area contributed by atoms with Gasteiger partial charge >= 0.3 is 0 Å². The molecule has 2 N–H and O–H groups in total. The van der Waals surface area contributed by atoms with E-state index in [0.29, 0.717) is 12.8 Å². The average molecular weight is 211 g/mol. The van der Waals surface area contributed by atoms with Gasteiger partial charge in [-0.15, -0.1) is 0 Å². The van der Waals surface area contributed by atoms with Gasteiger partial charge in [0.2, 0.25) is 0 Å². The number of halogens is 2. The fourth-order valence-electron chi connectivity index (χ4n) is 2.18. The summed E-state index contributed by atoms with van der Waals surface area (Å²) in [6.45, 7) is 1.45. The van der Waals surface area contributed by atoms with E-state index in [1.807, 2.05) is 24.3 Å². The third-order valence-corrected chi connectivity index (χ3v) is 3.40. The molecule has 1 nitrogen and oxygen atoms in total. The summed E-state index contributed by atoms with van der Waals surface area (Å²) in [6, 6.07) is 7.88. The van der Waals surface area contributed by atoms with Crippen LogP contribution < -0.4 is 5.73 Å². The van der Waals surface area contributed by atoms with Crippen LogP contribution in [0.1, 0.15) is 18.1 Å². The van der Waals surface area contributed by atoms with E-state index in [2.05, 4.69) is 0 Å². The number of nitrogens with two attached hydrogens (primary N) is 1. The van der Waals surface area contributed by atoms with Crippen LogP contribution in [0.4, 0.5) is 8.78 Å². The molecule has 82 valence electrons. The van der Waals surface area contributed by atoms with Crippen molar-refractivity contribution in [1.82, 2.24) is 0 Å². The van der Waals surface area contributed by atoms with Gasteiger partial charge in [-0.05, 0) is 36.8 Å². The SMILES string of the molecule is CC(N)(C(F)F)C1Cc2ccccc2C1. The maximum Gasteiger partial charge on any atom is 0.256 e. The highest BCUT2D eigenvalue weighted by atomic mass is 19.3. The summed E-state index contributed by atoms with van der Waals surface area (Å²) < 4.78 is 25.5. The van der Waals surface area contributed by atoms with E-state index in [4.69, 9.17) is 5.73 Å². The van der Waals surface area contributed by atoms with Crippen LogP contribution in [0.3, 0.4) is 0 Å². The number of hydrogen-bond donors (Lipinski definition) is 1. The molecule has 0 saturated carbocycles. The van der Waals surface area contributed by atoms with Crippen LogP contribution in [0.15, 0.2) is 24.3 Å². The summed E-state index contributed by atoms with van der Waals surface area (Å²) in [5.74, 6) is -0.144. The molecule has 0 saturated heterocycles. The maximum absolute atomic E-state index is 12.8.